The van der Waals surface area contributed by atoms with Crippen LogP contribution in [0.1, 0.15) is 56.6 Å². The van der Waals surface area contributed by atoms with Crippen LogP contribution in [0.25, 0.3) is 21.5 Å². The number of amides is 1. The Morgan fingerprint density at radius 3 is 1.80 bits per heavy atom. The Balaban J connectivity index is 1.23. The monoisotopic (exact) mass is 627 g/mol. The molecule has 0 radical (unpaired) electrons. The second-order valence-electron chi connectivity index (χ2n) is 11.4. The van der Waals surface area contributed by atoms with Crippen molar-refractivity contribution >= 4 is 39.4 Å². The van der Waals surface area contributed by atoms with E-state index in [9.17, 15) is 19.5 Å². The molecule has 4 aromatic rings. The van der Waals surface area contributed by atoms with Crippen LogP contribution < -0.4 is 5.32 Å². The Kier molecular flexibility index (Phi) is 14.0. The van der Waals surface area contributed by atoms with E-state index in [1.165, 1.54) is 32.7 Å². The second-order valence-corrected chi connectivity index (χ2v) is 11.4. The molecule has 2 N–H and O–H groups in total. The van der Waals surface area contributed by atoms with E-state index in [0.717, 1.165) is 44.9 Å². The average Bonchev–Trinajstić information content (AvgIpc) is 3.06. The van der Waals surface area contributed by atoms with Gasteiger partial charge in [0, 0.05) is 13.2 Å². The molecule has 46 heavy (non-hydrogen) atoms. The molecule has 2 unspecified atom stereocenters. The highest BCUT2D eigenvalue weighted by atomic mass is 16.6. The summed E-state index contributed by atoms with van der Waals surface area (Å²) in [5, 5.41) is 17.5. The van der Waals surface area contributed by atoms with Gasteiger partial charge < -0.3 is 24.6 Å². The minimum absolute atomic E-state index is 0.139. The summed E-state index contributed by atoms with van der Waals surface area (Å²) in [5.41, 5.74) is 2.53. The number of carbonyl (C=O) groups excluding carboxylic acids is 2. The van der Waals surface area contributed by atoms with Gasteiger partial charge in [-0.3, -0.25) is 4.79 Å². The third-order valence-corrected chi connectivity index (χ3v) is 7.94. The number of unbranched alkanes of at least 4 members (excludes halogenated alkanes) is 4. The summed E-state index contributed by atoms with van der Waals surface area (Å²) in [5.74, 6) is -2.65. The first-order valence-electron chi connectivity index (χ1n) is 16.3. The lowest BCUT2D eigenvalue weighted by molar-refractivity contribution is -0.174. The number of esters is 1. The molecule has 0 fully saturated rings. The van der Waals surface area contributed by atoms with Gasteiger partial charge in [0.15, 0.2) is 12.2 Å². The third-order valence-electron chi connectivity index (χ3n) is 7.94. The summed E-state index contributed by atoms with van der Waals surface area (Å²) in [6, 6.07) is 29.5. The highest BCUT2D eigenvalue weighted by Gasteiger charge is 2.36. The van der Waals surface area contributed by atoms with Gasteiger partial charge in [0.25, 0.3) is 5.91 Å². The van der Waals surface area contributed by atoms with E-state index >= 15 is 0 Å². The number of carboxylic acid groups (broad SMARTS) is 1. The Bertz CT molecular complexity index is 1570. The molecule has 1 amide bonds. The van der Waals surface area contributed by atoms with Crippen LogP contribution in [0.3, 0.4) is 0 Å². The van der Waals surface area contributed by atoms with Gasteiger partial charge >= 0.3 is 11.9 Å². The van der Waals surface area contributed by atoms with E-state index in [0.29, 0.717) is 13.0 Å². The lowest BCUT2D eigenvalue weighted by Crippen LogP contribution is -2.49. The van der Waals surface area contributed by atoms with E-state index in [-0.39, 0.29) is 13.2 Å². The van der Waals surface area contributed by atoms with Crippen LogP contribution >= 0.6 is 0 Å². The molecule has 244 valence electrons. The molecule has 0 aliphatic rings. The number of rotatable bonds is 20. The third kappa shape index (κ3) is 11.0. The standard InChI is InChI=1S/C38H45NO7/c1-2-44-34(40)27-46-36(38(42)43)35(45-24-12-4-6-14-29-20-22-31-16-8-10-18-33(31)26-29)37(41)39-23-11-3-5-13-28-19-21-30-15-7-9-17-32(30)25-28/h7-10,15-22,25-26,35-36H,2-6,11-14,23-24,27H2,1H3,(H,39,41)(H,42,43). The molecule has 0 bridgehead atoms. The van der Waals surface area contributed by atoms with Crippen LogP contribution in [0, 0.1) is 0 Å². The van der Waals surface area contributed by atoms with Crippen molar-refractivity contribution in [3.05, 3.63) is 96.1 Å². The first kappa shape index (κ1) is 34.6. The van der Waals surface area contributed by atoms with Crippen LogP contribution in [0.15, 0.2) is 84.9 Å². The molecule has 8 heteroatoms. The number of aliphatic carboxylic acids is 1. The molecule has 0 aliphatic carbocycles. The molecule has 0 saturated carbocycles. The van der Waals surface area contributed by atoms with Crippen molar-refractivity contribution in [2.24, 2.45) is 0 Å². The van der Waals surface area contributed by atoms with Crippen molar-refractivity contribution in [2.45, 2.75) is 70.5 Å². The number of ether oxygens (including phenoxy) is 3. The van der Waals surface area contributed by atoms with Gasteiger partial charge in [0.2, 0.25) is 0 Å². The van der Waals surface area contributed by atoms with Crippen molar-refractivity contribution in [2.75, 3.05) is 26.4 Å². The lowest BCUT2D eigenvalue weighted by Gasteiger charge is -2.23. The molecular weight excluding hydrogens is 582 g/mol. The summed E-state index contributed by atoms with van der Waals surface area (Å²) in [6.07, 6.45) is 3.84. The minimum Gasteiger partial charge on any atom is -0.479 e. The van der Waals surface area contributed by atoms with Gasteiger partial charge in [-0.15, -0.1) is 0 Å². The first-order chi connectivity index (χ1) is 22.4. The zero-order chi connectivity index (χ0) is 32.6. The summed E-state index contributed by atoms with van der Waals surface area (Å²) in [7, 11) is 0. The van der Waals surface area contributed by atoms with Crippen LogP contribution in [0.2, 0.25) is 0 Å². The smallest absolute Gasteiger partial charge is 0.336 e. The highest BCUT2D eigenvalue weighted by molar-refractivity contribution is 5.88. The van der Waals surface area contributed by atoms with Gasteiger partial charge in [0.1, 0.15) is 6.61 Å². The maximum Gasteiger partial charge on any atom is 0.336 e. The lowest BCUT2D eigenvalue weighted by atomic mass is 10.0. The average molecular weight is 628 g/mol. The number of aryl methyl sites for hydroxylation is 2. The van der Waals surface area contributed by atoms with Crippen molar-refractivity contribution in [1.29, 1.82) is 0 Å². The molecule has 0 saturated heterocycles. The number of hydrogen-bond donors (Lipinski definition) is 2. The van der Waals surface area contributed by atoms with Gasteiger partial charge in [-0.1, -0.05) is 97.8 Å². The Labute approximate surface area is 271 Å². The summed E-state index contributed by atoms with van der Waals surface area (Å²) < 4.78 is 16.0. The zero-order valence-electron chi connectivity index (χ0n) is 26.6. The number of carbonyl (C=O) groups is 3. The molecule has 2 atom stereocenters. The van der Waals surface area contributed by atoms with Crippen molar-refractivity contribution in [1.82, 2.24) is 5.32 Å². The minimum atomic E-state index is -1.64. The summed E-state index contributed by atoms with van der Waals surface area (Å²) in [6.45, 7) is 1.77. The predicted octanol–water partition coefficient (Wildman–Crippen LogP) is 6.65. The normalized spacial score (nSPS) is 12.5. The fourth-order valence-electron chi connectivity index (χ4n) is 5.50. The summed E-state index contributed by atoms with van der Waals surface area (Å²) in [4.78, 5) is 37.1. The highest BCUT2D eigenvalue weighted by Crippen LogP contribution is 2.19. The van der Waals surface area contributed by atoms with E-state index in [1.54, 1.807) is 6.92 Å². The topological polar surface area (TPSA) is 111 Å². The molecule has 8 nitrogen and oxygen atoms in total. The van der Waals surface area contributed by atoms with Crippen LogP contribution in [-0.4, -0.2) is 61.5 Å². The fraction of sp³-hybridized carbons (Fsp3) is 0.395. The summed E-state index contributed by atoms with van der Waals surface area (Å²) >= 11 is 0. The number of fused-ring (bicyclic) bond motifs is 2. The molecule has 0 aromatic heterocycles. The number of nitrogens with one attached hydrogen (secondary N) is 1. The van der Waals surface area contributed by atoms with Gasteiger partial charge in [0.05, 0.1) is 6.61 Å². The van der Waals surface area contributed by atoms with Crippen LogP contribution in [0.4, 0.5) is 0 Å². The maximum absolute atomic E-state index is 13.2. The Morgan fingerprint density at radius 2 is 1.24 bits per heavy atom. The number of benzene rings is 4. The SMILES string of the molecule is CCOC(=O)COC(C(=O)O)C(OCCCCCc1ccc2ccccc2c1)C(=O)NCCCCCc1ccc2ccccc2c1. The van der Waals surface area contributed by atoms with Crippen LogP contribution in [0.5, 0.6) is 0 Å². The molecule has 4 rings (SSSR count). The van der Waals surface area contributed by atoms with E-state index in [1.807, 2.05) is 24.3 Å². The Hall–Kier alpha value is -4.27. The second kappa shape index (κ2) is 18.6. The van der Waals surface area contributed by atoms with E-state index < -0.39 is 36.7 Å². The number of carboxylic acids is 1. The van der Waals surface area contributed by atoms with Gasteiger partial charge in [-0.05, 0) is 78.1 Å². The fourth-order valence-corrected chi connectivity index (χ4v) is 5.50. The first-order valence-corrected chi connectivity index (χ1v) is 16.3. The molecule has 0 aliphatic heterocycles. The maximum atomic E-state index is 13.2. The van der Waals surface area contributed by atoms with Gasteiger partial charge in [-0.2, -0.15) is 0 Å². The van der Waals surface area contributed by atoms with E-state index in [2.05, 4.69) is 66.0 Å². The quantitative estimate of drug-likeness (QED) is 0.0834. The number of hydrogen-bond acceptors (Lipinski definition) is 6. The largest absolute Gasteiger partial charge is 0.479 e. The molecule has 0 spiro atoms. The van der Waals surface area contributed by atoms with Crippen molar-refractivity contribution in [3.8, 4) is 0 Å². The zero-order valence-corrected chi connectivity index (χ0v) is 26.6. The molecular formula is C38H45NO7. The van der Waals surface area contributed by atoms with Gasteiger partial charge in [-0.25, -0.2) is 9.59 Å². The van der Waals surface area contributed by atoms with Crippen molar-refractivity contribution in [3.63, 3.8) is 0 Å². The Morgan fingerprint density at radius 1 is 0.674 bits per heavy atom. The van der Waals surface area contributed by atoms with E-state index in [4.69, 9.17) is 14.2 Å². The van der Waals surface area contributed by atoms with Crippen molar-refractivity contribution < 1.29 is 33.7 Å². The molecule has 4 aromatic carbocycles. The molecule has 0 heterocycles. The van der Waals surface area contributed by atoms with Crippen LogP contribution in [-0.2, 0) is 41.4 Å². The predicted molar refractivity (Wildman–Crippen MR) is 180 cm³/mol.